The van der Waals surface area contributed by atoms with E-state index in [1.54, 1.807) is 7.11 Å². The highest BCUT2D eigenvalue weighted by Crippen LogP contribution is 2.36. The van der Waals surface area contributed by atoms with E-state index in [0.29, 0.717) is 32.5 Å². The van der Waals surface area contributed by atoms with Gasteiger partial charge in [-0.05, 0) is 42.5 Å². The van der Waals surface area contributed by atoms with Crippen molar-refractivity contribution < 1.29 is 19.4 Å². The third kappa shape index (κ3) is 4.49. The van der Waals surface area contributed by atoms with Crippen molar-refractivity contribution in [3.8, 4) is 5.75 Å². The summed E-state index contributed by atoms with van der Waals surface area (Å²) in [6.45, 7) is 0.986. The second kappa shape index (κ2) is 9.02. The summed E-state index contributed by atoms with van der Waals surface area (Å²) in [6.07, 6.45) is 1.83. The zero-order valence-corrected chi connectivity index (χ0v) is 15.7. The molecular formula is C22H27NO4. The monoisotopic (exact) mass is 369 g/mol. The van der Waals surface area contributed by atoms with Crippen LogP contribution < -0.4 is 10.1 Å². The maximum atomic E-state index is 13.3. The topological polar surface area (TPSA) is 67.8 Å². The van der Waals surface area contributed by atoms with Gasteiger partial charge in [0.05, 0.1) is 25.2 Å². The third-order valence-electron chi connectivity index (χ3n) is 5.30. The molecule has 2 aromatic rings. The Morgan fingerprint density at radius 1 is 1.15 bits per heavy atom. The van der Waals surface area contributed by atoms with Gasteiger partial charge in [-0.25, -0.2) is 0 Å². The summed E-state index contributed by atoms with van der Waals surface area (Å²) < 4.78 is 10.8. The van der Waals surface area contributed by atoms with Crippen molar-refractivity contribution in [2.75, 3.05) is 26.9 Å². The molecule has 3 rings (SSSR count). The van der Waals surface area contributed by atoms with Crippen molar-refractivity contribution in [2.45, 2.75) is 30.7 Å². The number of benzene rings is 2. The molecule has 0 bridgehead atoms. The van der Waals surface area contributed by atoms with Crippen LogP contribution in [0.2, 0.25) is 0 Å². The largest absolute Gasteiger partial charge is 0.497 e. The molecule has 0 aliphatic carbocycles. The van der Waals surface area contributed by atoms with Crippen LogP contribution in [0.5, 0.6) is 5.75 Å². The van der Waals surface area contributed by atoms with Crippen molar-refractivity contribution in [1.82, 2.24) is 5.32 Å². The van der Waals surface area contributed by atoms with Crippen LogP contribution in [-0.2, 0) is 21.4 Å². The fourth-order valence-electron chi connectivity index (χ4n) is 3.66. The Morgan fingerprint density at radius 2 is 1.81 bits per heavy atom. The highest BCUT2D eigenvalue weighted by molar-refractivity contribution is 5.88. The number of rotatable bonds is 7. The first-order chi connectivity index (χ1) is 13.2. The number of ether oxygens (including phenoxy) is 2. The van der Waals surface area contributed by atoms with Gasteiger partial charge in [0.1, 0.15) is 5.75 Å². The summed E-state index contributed by atoms with van der Waals surface area (Å²) in [5, 5.41) is 12.9. The second-order valence-electron chi connectivity index (χ2n) is 6.97. The molecule has 0 aromatic heterocycles. The lowest BCUT2D eigenvalue weighted by molar-refractivity contribution is -0.131. The fourth-order valence-corrected chi connectivity index (χ4v) is 3.66. The molecule has 1 fully saturated rings. The Kier molecular flexibility index (Phi) is 6.48. The normalized spacial score (nSPS) is 17.1. The van der Waals surface area contributed by atoms with Crippen LogP contribution in [0.3, 0.4) is 0 Å². The molecule has 144 valence electrons. The van der Waals surface area contributed by atoms with Gasteiger partial charge in [-0.2, -0.15) is 0 Å². The number of amides is 1. The zero-order valence-electron chi connectivity index (χ0n) is 15.7. The Bertz CT molecular complexity index is 724. The van der Waals surface area contributed by atoms with Gasteiger partial charge in [-0.1, -0.05) is 42.5 Å². The summed E-state index contributed by atoms with van der Waals surface area (Å²) in [5.41, 5.74) is 1.40. The number of aliphatic hydroxyl groups excluding tert-OH is 1. The van der Waals surface area contributed by atoms with E-state index in [1.165, 1.54) is 0 Å². The van der Waals surface area contributed by atoms with E-state index in [1.807, 2.05) is 54.6 Å². The molecule has 1 aliphatic rings. The van der Waals surface area contributed by atoms with Crippen molar-refractivity contribution in [2.24, 2.45) is 0 Å². The van der Waals surface area contributed by atoms with Gasteiger partial charge in [0, 0.05) is 13.2 Å². The number of methoxy groups -OCH3 is 1. The molecule has 2 N–H and O–H groups in total. The smallest absolute Gasteiger partial charge is 0.231 e. The Labute approximate surface area is 160 Å². The Balaban J connectivity index is 1.80. The van der Waals surface area contributed by atoms with Crippen LogP contribution in [0.1, 0.15) is 24.0 Å². The Hall–Kier alpha value is -2.37. The predicted molar refractivity (Wildman–Crippen MR) is 104 cm³/mol. The number of carbonyl (C=O) groups is 1. The van der Waals surface area contributed by atoms with Gasteiger partial charge < -0.3 is 19.9 Å². The molecule has 27 heavy (non-hydrogen) atoms. The predicted octanol–water partition coefficient (Wildman–Crippen LogP) is 2.46. The second-order valence-corrected chi connectivity index (χ2v) is 6.97. The Morgan fingerprint density at radius 3 is 2.41 bits per heavy atom. The molecule has 0 spiro atoms. The molecular weight excluding hydrogens is 342 g/mol. The van der Waals surface area contributed by atoms with E-state index in [2.05, 4.69) is 5.32 Å². The fraction of sp³-hybridized carbons (Fsp3) is 0.409. The maximum Gasteiger partial charge on any atom is 0.231 e. The summed E-state index contributed by atoms with van der Waals surface area (Å²) in [5.74, 6) is 0.713. The van der Waals surface area contributed by atoms with E-state index < -0.39 is 5.41 Å². The van der Waals surface area contributed by atoms with Crippen molar-refractivity contribution in [3.63, 3.8) is 0 Å². The molecule has 1 atom stereocenters. The molecule has 5 nitrogen and oxygen atoms in total. The van der Waals surface area contributed by atoms with Crippen LogP contribution in [0.25, 0.3) is 0 Å². The molecule has 0 unspecified atom stereocenters. The summed E-state index contributed by atoms with van der Waals surface area (Å²) >= 11 is 0. The van der Waals surface area contributed by atoms with Crippen LogP contribution in [0, 0.1) is 0 Å². The molecule has 1 aliphatic heterocycles. The number of nitrogens with one attached hydrogen (secondary N) is 1. The van der Waals surface area contributed by atoms with Crippen LogP contribution in [0.4, 0.5) is 0 Å². The molecule has 1 saturated heterocycles. The average molecular weight is 369 g/mol. The van der Waals surface area contributed by atoms with Crippen LogP contribution >= 0.6 is 0 Å². The highest BCUT2D eigenvalue weighted by Gasteiger charge is 2.42. The minimum atomic E-state index is -0.644. The third-order valence-corrected chi connectivity index (χ3v) is 5.30. The first-order valence-electron chi connectivity index (χ1n) is 9.36. The first-order valence-corrected chi connectivity index (χ1v) is 9.36. The van der Waals surface area contributed by atoms with Crippen LogP contribution in [0.15, 0.2) is 54.6 Å². The van der Waals surface area contributed by atoms with E-state index in [-0.39, 0.29) is 18.6 Å². The van der Waals surface area contributed by atoms with Gasteiger partial charge in [0.2, 0.25) is 5.91 Å². The van der Waals surface area contributed by atoms with E-state index >= 15 is 0 Å². The number of carbonyl (C=O) groups excluding carboxylic acids is 1. The lowest BCUT2D eigenvalue weighted by atomic mass is 9.73. The highest BCUT2D eigenvalue weighted by atomic mass is 16.5. The van der Waals surface area contributed by atoms with Gasteiger partial charge in [0.25, 0.3) is 0 Å². The quantitative estimate of drug-likeness (QED) is 0.787. The molecule has 0 radical (unpaired) electrons. The van der Waals surface area contributed by atoms with Crippen molar-refractivity contribution in [3.05, 3.63) is 65.7 Å². The molecule has 1 amide bonds. The minimum Gasteiger partial charge on any atom is -0.497 e. The van der Waals surface area contributed by atoms with Gasteiger partial charge in [0.15, 0.2) is 0 Å². The standard InChI is InChI=1S/C22H27NO4/c1-26-20-9-7-18(8-10-20)22(11-13-27-14-12-22)21(25)23-19(16-24)15-17-5-3-2-4-6-17/h2-10,19,24H,11-16H2,1H3,(H,23,25)/t19-/m0/s1. The summed E-state index contributed by atoms with van der Waals surface area (Å²) in [4.78, 5) is 13.3. The number of hydrogen-bond acceptors (Lipinski definition) is 4. The van der Waals surface area contributed by atoms with Gasteiger partial charge in [-0.3, -0.25) is 4.79 Å². The average Bonchev–Trinajstić information content (AvgIpc) is 2.74. The van der Waals surface area contributed by atoms with Crippen LogP contribution in [-0.4, -0.2) is 44.0 Å². The lowest BCUT2D eigenvalue weighted by Crippen LogP contribution is -2.52. The number of hydrogen-bond donors (Lipinski definition) is 2. The van der Waals surface area contributed by atoms with E-state index in [0.717, 1.165) is 16.9 Å². The number of aliphatic hydroxyl groups is 1. The summed E-state index contributed by atoms with van der Waals surface area (Å²) in [7, 11) is 1.63. The lowest BCUT2D eigenvalue weighted by Gasteiger charge is -2.37. The molecule has 1 heterocycles. The van der Waals surface area contributed by atoms with E-state index in [9.17, 15) is 9.90 Å². The first kappa shape index (κ1) is 19.4. The molecule has 2 aromatic carbocycles. The molecule has 0 saturated carbocycles. The van der Waals surface area contributed by atoms with Gasteiger partial charge in [-0.15, -0.1) is 0 Å². The van der Waals surface area contributed by atoms with Crippen molar-refractivity contribution >= 4 is 5.91 Å². The van der Waals surface area contributed by atoms with Crippen molar-refractivity contribution in [1.29, 1.82) is 0 Å². The van der Waals surface area contributed by atoms with E-state index in [4.69, 9.17) is 9.47 Å². The minimum absolute atomic E-state index is 0.0500. The zero-order chi connectivity index (χ0) is 19.1. The van der Waals surface area contributed by atoms with Gasteiger partial charge >= 0.3 is 0 Å². The maximum absolute atomic E-state index is 13.3. The SMILES string of the molecule is COc1ccc(C2(C(=O)N[C@H](CO)Cc3ccccc3)CCOCC2)cc1. The summed E-state index contributed by atoms with van der Waals surface area (Å²) in [6, 6.07) is 17.2. The molecule has 5 heteroatoms.